The number of para-hydroxylation sites is 7. The Morgan fingerprint density at radius 2 is 0.716 bits per heavy atom. The van der Waals surface area contributed by atoms with Gasteiger partial charge in [-0.25, -0.2) is 50.5 Å². The zero-order valence-electron chi connectivity index (χ0n) is 84.8. The van der Waals surface area contributed by atoms with Gasteiger partial charge in [-0.05, 0) is 161 Å². The first kappa shape index (κ1) is 120. The lowest BCUT2D eigenvalue weighted by Gasteiger charge is -2.40. The first-order valence-corrected chi connectivity index (χ1v) is 60.0. The summed E-state index contributed by atoms with van der Waals surface area (Å²) < 4.78 is 169. The molecule has 0 aliphatic carbocycles. The molecule has 10 aliphatic rings. The molecule has 10 aliphatic heterocycles. The molecule has 42 heteroatoms. The van der Waals surface area contributed by atoms with E-state index in [1.807, 2.05) is 156 Å². The highest BCUT2D eigenvalue weighted by Gasteiger charge is 2.42. The van der Waals surface area contributed by atoms with E-state index in [1.165, 1.54) is 45.2 Å². The average molecular weight is 2090 g/mol. The van der Waals surface area contributed by atoms with Gasteiger partial charge in [0.1, 0.15) is 23.7 Å². The molecular weight excluding hydrogens is 1940 g/mol. The van der Waals surface area contributed by atoms with Crippen LogP contribution < -0.4 is 31.0 Å². The van der Waals surface area contributed by atoms with Gasteiger partial charge in [-0.1, -0.05) is 154 Å². The highest BCUT2D eigenvalue weighted by Crippen LogP contribution is 2.42. The van der Waals surface area contributed by atoms with Gasteiger partial charge in [0.15, 0.2) is 9.84 Å². The maximum atomic E-state index is 12.6. The Balaban J connectivity index is 0.000000264. The topological polar surface area (TPSA) is 462 Å². The molecule has 15 rings (SSSR count). The number of carbonyl (C=O) groups excluding carboxylic acids is 5. The molecule has 5 saturated heterocycles. The highest BCUT2D eigenvalue weighted by molar-refractivity contribution is 7.93. The lowest BCUT2D eigenvalue weighted by Crippen LogP contribution is -2.48. The molecule has 788 valence electrons. The number of carbonyl (C=O) groups is 8. The molecule has 0 aromatic heterocycles. The number of sulfone groups is 1. The summed E-state index contributed by atoms with van der Waals surface area (Å²) in [5, 5.41) is 27.2. The van der Waals surface area contributed by atoms with Crippen molar-refractivity contribution in [3.8, 4) is 11.5 Å². The molecule has 0 spiro atoms. The number of aliphatic carboxylic acids is 3. The fraction of sp³-hybridized carbons (Fsp3) is 0.596. The van der Waals surface area contributed by atoms with Gasteiger partial charge < -0.3 is 54.0 Å². The number of sulfonamides is 5. The van der Waals surface area contributed by atoms with Gasteiger partial charge in [0.25, 0.3) is 0 Å². The molecule has 5 aromatic carbocycles. The first-order chi connectivity index (χ1) is 66.7. The Labute approximate surface area is 836 Å². The van der Waals surface area contributed by atoms with Crippen LogP contribution in [0.4, 0.5) is 28.4 Å². The van der Waals surface area contributed by atoms with Crippen LogP contribution in [0.1, 0.15) is 190 Å². The number of morpholine rings is 1. The number of anilines is 5. The SMILES string of the molecule is CC.CC.CC.CC.CC.CS(=O)(=O)N1CC(CC(=O)N2CCOCC2)Oc2ccccc21.CS(=O)(=O)N1CC(CC(=O)N2CCS(=O)(=O)CC2)Oc2ccccc21.CS(=O)(=O)N1C[C@H](CCC(=O)N2CCC(C(=O)O)CC2)Cc2ccccc21.C[C@@H]1C(CCC(=O)N2CCC(C(=O)O)CC2)=Cc2ccccc2N1S(C)(=O)=O.C[C@@H]1[C@H](CCC(=O)N2CCC(C(=O)O)CC2)Cc2ccccc2N1S(C)(=O)=O. The summed E-state index contributed by atoms with van der Waals surface area (Å²) in [5.74, 6) is -2.70. The molecule has 0 radical (unpaired) electrons. The molecule has 5 aromatic rings. The second-order valence-corrected chi connectivity index (χ2v) is 46.6. The van der Waals surface area contributed by atoms with Crippen molar-refractivity contribution in [3.63, 3.8) is 0 Å². The van der Waals surface area contributed by atoms with Crippen LogP contribution in [0.2, 0.25) is 0 Å². The maximum Gasteiger partial charge on any atom is 0.306 e. The fourth-order valence-corrected chi connectivity index (χ4v) is 24.9. The van der Waals surface area contributed by atoms with E-state index in [0.29, 0.717) is 171 Å². The molecule has 0 saturated carbocycles. The summed E-state index contributed by atoms with van der Waals surface area (Å²) in [5.41, 5.74) is 6.81. The molecule has 0 bridgehead atoms. The van der Waals surface area contributed by atoms with Crippen molar-refractivity contribution in [2.75, 3.05) is 163 Å². The van der Waals surface area contributed by atoms with E-state index in [4.69, 9.17) is 29.5 Å². The van der Waals surface area contributed by atoms with Gasteiger partial charge in [0.05, 0.1) is 134 Å². The minimum atomic E-state index is -3.50. The van der Waals surface area contributed by atoms with Crippen molar-refractivity contribution in [3.05, 3.63) is 144 Å². The van der Waals surface area contributed by atoms with Gasteiger partial charge >= 0.3 is 17.9 Å². The third-order valence-electron chi connectivity index (χ3n) is 25.4. The Hall–Kier alpha value is -10.1. The van der Waals surface area contributed by atoms with Crippen LogP contribution >= 0.6 is 0 Å². The van der Waals surface area contributed by atoms with E-state index >= 15 is 0 Å². The average Bonchev–Trinajstić information content (AvgIpc) is 0.774. The van der Waals surface area contributed by atoms with Crippen molar-refractivity contribution in [1.29, 1.82) is 0 Å². The first-order valence-electron chi connectivity index (χ1n) is 49.0. The van der Waals surface area contributed by atoms with Crippen molar-refractivity contribution in [2.24, 2.45) is 29.6 Å². The standard InChI is InChI=1S/C20H28N2O5S.C20H26N2O5S.C19H26N2O5S.C15H20N2O6S2.C15H20N2O5S.5C2H6/c2*1-14-16(7-8-19(23)21-11-9-15(10-12-21)20(24)25)13-17-5-3-4-6-18(17)22(14)28(2,26)27;1-27(25,26)21-13-14(12-16-4-2-3-5-17(16)21)6-7-18(22)20-10-8-15(9-11-20)19(23)24;1-24(19,20)17-11-12(23-14-5-3-2-4-13(14)17)10-15(18)16-6-8-25(21,22)9-7-16;1-23(19,20)17-11-12(22-14-5-3-2-4-13(14)17)10-15(18)16-6-8-21-9-7-16;5*1-2/h3-6,14-16H,7-13H2,1-2H3,(H,24,25);3-6,13-15H,7-12H2,1-2H3,(H,24,25);2-5,14-15H,6-13H2,1H3,(H,23,24);2-5,12H,6-11H2,1H3;2-5,12H,6-11H2,1H3;5*1-2H3/t14-,16-;2*14-;;;;;;;/m111......./s1. The molecule has 36 nitrogen and oxygen atoms in total. The van der Waals surface area contributed by atoms with E-state index in [1.54, 1.807) is 74.2 Å². The summed E-state index contributed by atoms with van der Waals surface area (Å²) in [7, 11) is -20.2. The minimum absolute atomic E-state index is 0.000399. The number of carboxylic acid groups (broad SMARTS) is 3. The predicted octanol–water partition coefficient (Wildman–Crippen LogP) is 11.6. The lowest BCUT2D eigenvalue weighted by molar-refractivity contribution is -0.146. The normalized spacial score (nSPS) is 20.5. The van der Waals surface area contributed by atoms with Crippen LogP contribution in [-0.4, -0.2) is 303 Å². The Bertz CT molecular complexity index is 5730. The number of carboxylic acids is 3. The maximum absolute atomic E-state index is 12.6. The minimum Gasteiger partial charge on any atom is -0.486 e. The number of benzene rings is 5. The quantitative estimate of drug-likeness (QED) is 0.0614. The second kappa shape index (κ2) is 55.6. The van der Waals surface area contributed by atoms with Crippen LogP contribution in [0, 0.1) is 29.6 Å². The van der Waals surface area contributed by atoms with Crippen molar-refractivity contribution in [1.82, 2.24) is 24.5 Å². The number of rotatable bonds is 21. The molecule has 141 heavy (non-hydrogen) atoms. The van der Waals surface area contributed by atoms with E-state index in [9.17, 15) is 88.9 Å². The van der Waals surface area contributed by atoms with Gasteiger partial charge in [-0.2, -0.15) is 0 Å². The lowest BCUT2D eigenvalue weighted by atomic mass is 9.84. The third kappa shape index (κ3) is 34.6. The van der Waals surface area contributed by atoms with Crippen LogP contribution in [0.3, 0.4) is 0 Å². The van der Waals surface area contributed by atoms with Gasteiger partial charge in [-0.15, -0.1) is 0 Å². The molecule has 10 heterocycles. The molecule has 5 fully saturated rings. The third-order valence-corrected chi connectivity index (χ3v) is 33.0. The zero-order valence-corrected chi connectivity index (χ0v) is 89.7. The zero-order chi connectivity index (χ0) is 105. The van der Waals surface area contributed by atoms with Crippen LogP contribution in [-0.2, 0) is 116 Å². The number of nitrogens with zero attached hydrogens (tertiary/aromatic N) is 10. The number of amides is 5. The number of fused-ring (bicyclic) bond motifs is 5. The summed E-state index contributed by atoms with van der Waals surface area (Å²) in [6.45, 7) is 29.7. The number of hydrogen-bond acceptors (Lipinski definition) is 23. The van der Waals surface area contributed by atoms with Gasteiger partial charge in [-0.3, -0.25) is 59.9 Å². The number of hydrogen-bond donors (Lipinski definition) is 3. The van der Waals surface area contributed by atoms with Crippen LogP contribution in [0.5, 0.6) is 11.5 Å². The molecule has 3 N–H and O–H groups in total. The summed E-state index contributed by atoms with van der Waals surface area (Å²) in [6, 6.07) is 35.6. The van der Waals surface area contributed by atoms with E-state index in [2.05, 4.69) is 0 Å². The van der Waals surface area contributed by atoms with Crippen LogP contribution in [0.25, 0.3) is 6.08 Å². The summed E-state index contributed by atoms with van der Waals surface area (Å²) in [6.07, 6.45) is 14.1. The molecule has 6 atom stereocenters. The highest BCUT2D eigenvalue weighted by atomic mass is 32.2. The van der Waals surface area contributed by atoms with Crippen molar-refractivity contribution >= 4 is 142 Å². The van der Waals surface area contributed by atoms with E-state index < -0.39 is 90.1 Å². The number of likely N-dealkylation sites (tertiary alicyclic amines) is 3. The fourth-order valence-electron chi connectivity index (χ4n) is 18.2. The molecule has 5 amide bonds. The summed E-state index contributed by atoms with van der Waals surface area (Å²) >= 11 is 0. The monoisotopic (exact) mass is 2090 g/mol. The largest absolute Gasteiger partial charge is 0.486 e. The predicted molar refractivity (Wildman–Crippen MR) is 551 cm³/mol. The van der Waals surface area contributed by atoms with E-state index in [0.717, 1.165) is 59.0 Å². The molecular formula is C99H150N10O26S6. The van der Waals surface area contributed by atoms with Crippen LogP contribution in [0.15, 0.2) is 127 Å². The van der Waals surface area contributed by atoms with Crippen molar-refractivity contribution < 1.29 is 118 Å². The van der Waals surface area contributed by atoms with E-state index in [-0.39, 0.29) is 128 Å². The number of ether oxygens (including phenoxy) is 3. The number of piperidine rings is 3. The Morgan fingerprint density at radius 1 is 0.376 bits per heavy atom. The molecule has 2 unspecified atom stereocenters. The Kier molecular flexibility index (Phi) is 47.2. The van der Waals surface area contributed by atoms with Gasteiger partial charge in [0.2, 0.25) is 79.7 Å². The van der Waals surface area contributed by atoms with Gasteiger partial charge in [0, 0.05) is 97.3 Å². The summed E-state index contributed by atoms with van der Waals surface area (Å²) in [4.78, 5) is 104. The Morgan fingerprint density at radius 3 is 1.12 bits per heavy atom. The van der Waals surface area contributed by atoms with Crippen molar-refractivity contribution in [2.45, 2.75) is 210 Å². The second-order valence-electron chi connectivity index (χ2n) is 34.9. The smallest absolute Gasteiger partial charge is 0.306 e.